The maximum atomic E-state index is 4.30. The highest BCUT2D eigenvalue weighted by Gasteiger charge is 2.21. The quantitative estimate of drug-likeness (QED) is 0.472. The van der Waals surface area contributed by atoms with Crippen molar-refractivity contribution >= 4 is 0 Å². The molecule has 0 amide bonds. The van der Waals surface area contributed by atoms with Crippen LogP contribution in [0.25, 0.3) is 0 Å². The van der Waals surface area contributed by atoms with Gasteiger partial charge in [-0.25, -0.2) is 0 Å². The highest BCUT2D eigenvalue weighted by atomic mass is 15.3. The minimum absolute atomic E-state index is 0.567. The van der Waals surface area contributed by atoms with E-state index in [9.17, 15) is 0 Å². The molecule has 0 aromatic heterocycles. The first kappa shape index (κ1) is 18.4. The van der Waals surface area contributed by atoms with Crippen molar-refractivity contribution in [2.24, 2.45) is 11.8 Å². The van der Waals surface area contributed by atoms with Crippen LogP contribution in [0.15, 0.2) is 12.4 Å². The zero-order valence-corrected chi connectivity index (χ0v) is 15.0. The van der Waals surface area contributed by atoms with E-state index in [1.54, 1.807) is 0 Å². The van der Waals surface area contributed by atoms with E-state index in [0.717, 1.165) is 24.8 Å². The summed E-state index contributed by atoms with van der Waals surface area (Å²) in [5, 5.41) is 3.55. The highest BCUT2D eigenvalue weighted by Crippen LogP contribution is 2.33. The molecule has 0 unspecified atom stereocenters. The number of hydrogen-bond donors (Lipinski definition) is 1. The Balaban J connectivity index is 2.32. The van der Waals surface area contributed by atoms with Gasteiger partial charge in [0.15, 0.2) is 0 Å². The lowest BCUT2D eigenvalue weighted by molar-refractivity contribution is 0.199. The second kappa shape index (κ2) is 10.1. The largest absolute Gasteiger partial charge is 0.372 e. The van der Waals surface area contributed by atoms with Crippen LogP contribution in [0.2, 0.25) is 0 Å². The average Bonchev–Trinajstić information content (AvgIpc) is 3.27. The zero-order chi connectivity index (χ0) is 15.7. The molecule has 0 aromatic rings. The van der Waals surface area contributed by atoms with Crippen LogP contribution in [-0.2, 0) is 0 Å². The van der Waals surface area contributed by atoms with Crippen LogP contribution < -0.4 is 5.32 Å². The topological polar surface area (TPSA) is 15.3 Å². The minimum Gasteiger partial charge on any atom is -0.372 e. The second-order valence-electron chi connectivity index (χ2n) is 7.20. The van der Waals surface area contributed by atoms with Crippen molar-refractivity contribution in [2.45, 2.75) is 85.1 Å². The van der Waals surface area contributed by atoms with E-state index in [1.807, 2.05) is 0 Å². The molecular formula is C19H38N2. The lowest BCUT2D eigenvalue weighted by Crippen LogP contribution is -2.41. The third-order valence-electron chi connectivity index (χ3n) is 4.87. The van der Waals surface area contributed by atoms with Gasteiger partial charge >= 0.3 is 0 Å². The van der Waals surface area contributed by atoms with E-state index in [-0.39, 0.29) is 0 Å². The van der Waals surface area contributed by atoms with Crippen molar-refractivity contribution in [1.82, 2.24) is 10.2 Å². The molecule has 1 aliphatic carbocycles. The predicted molar refractivity (Wildman–Crippen MR) is 94.2 cm³/mol. The molecule has 1 saturated carbocycles. The molecule has 2 nitrogen and oxygen atoms in total. The summed E-state index contributed by atoms with van der Waals surface area (Å²) < 4.78 is 0. The second-order valence-corrected chi connectivity index (χ2v) is 7.20. The monoisotopic (exact) mass is 294 g/mol. The minimum atomic E-state index is 0.567. The van der Waals surface area contributed by atoms with Gasteiger partial charge in [0.05, 0.1) is 5.82 Å². The van der Waals surface area contributed by atoms with Crippen molar-refractivity contribution in [3.8, 4) is 0 Å². The Labute approximate surface area is 133 Å². The normalized spacial score (nSPS) is 16.0. The summed E-state index contributed by atoms with van der Waals surface area (Å²) >= 11 is 0. The molecule has 0 radical (unpaired) electrons. The van der Waals surface area contributed by atoms with Gasteiger partial charge in [-0.3, -0.25) is 0 Å². The van der Waals surface area contributed by atoms with Crippen molar-refractivity contribution in [3.05, 3.63) is 12.4 Å². The molecule has 1 aliphatic rings. The van der Waals surface area contributed by atoms with Crippen molar-refractivity contribution in [1.29, 1.82) is 0 Å². The molecule has 0 spiro atoms. The fourth-order valence-corrected chi connectivity index (χ4v) is 2.78. The Bertz CT molecular complexity index is 281. The number of hydrogen-bond acceptors (Lipinski definition) is 2. The fourth-order valence-electron chi connectivity index (χ4n) is 2.78. The summed E-state index contributed by atoms with van der Waals surface area (Å²) in [4.78, 5) is 2.50. The molecule has 0 saturated heterocycles. The van der Waals surface area contributed by atoms with Crippen LogP contribution in [0.3, 0.4) is 0 Å². The molecule has 0 aromatic carbocycles. The summed E-state index contributed by atoms with van der Waals surface area (Å²) in [5.41, 5.74) is 0. The van der Waals surface area contributed by atoms with Crippen LogP contribution >= 0.6 is 0 Å². The van der Waals surface area contributed by atoms with E-state index in [2.05, 4.69) is 44.5 Å². The first-order valence-corrected chi connectivity index (χ1v) is 9.25. The van der Waals surface area contributed by atoms with E-state index in [0.29, 0.717) is 12.0 Å². The fraction of sp³-hybridized carbons (Fsp3) is 0.895. The van der Waals surface area contributed by atoms with Crippen molar-refractivity contribution in [2.75, 3.05) is 13.1 Å². The number of nitrogens with zero attached hydrogens (tertiary/aromatic N) is 1. The summed E-state index contributed by atoms with van der Waals surface area (Å²) in [5.74, 6) is 2.87. The molecule has 1 rings (SSSR count). The van der Waals surface area contributed by atoms with E-state index in [1.165, 1.54) is 51.4 Å². The SMILES string of the molecule is C=C(NCCCCC)N(CCCCC1CC1)[C@H](C)C(C)C. The smallest absolute Gasteiger partial charge is 0.0941 e. The Morgan fingerprint density at radius 3 is 2.43 bits per heavy atom. The number of nitrogens with one attached hydrogen (secondary N) is 1. The number of rotatable bonds is 13. The van der Waals surface area contributed by atoms with Gasteiger partial charge in [-0.2, -0.15) is 0 Å². The van der Waals surface area contributed by atoms with Crippen molar-refractivity contribution < 1.29 is 0 Å². The average molecular weight is 295 g/mol. The van der Waals surface area contributed by atoms with Crippen molar-refractivity contribution in [3.63, 3.8) is 0 Å². The molecule has 1 N–H and O–H groups in total. The van der Waals surface area contributed by atoms with Gasteiger partial charge in [0, 0.05) is 19.1 Å². The first-order chi connectivity index (χ1) is 10.1. The zero-order valence-electron chi connectivity index (χ0n) is 15.0. The third kappa shape index (κ3) is 7.78. The molecule has 124 valence electrons. The standard InChI is InChI=1S/C19H38N2/c1-6-7-9-14-20-18(5)21(17(4)16(2)3)15-10-8-11-19-12-13-19/h16-17,19-20H,5-15H2,1-4H3/t17-/m1/s1. The lowest BCUT2D eigenvalue weighted by atomic mass is 10.0. The molecular weight excluding hydrogens is 256 g/mol. The van der Waals surface area contributed by atoms with Crippen LogP contribution in [0.1, 0.15) is 79.1 Å². The van der Waals surface area contributed by atoms with E-state index < -0.39 is 0 Å². The van der Waals surface area contributed by atoms with Gasteiger partial charge in [-0.05, 0) is 31.6 Å². The molecule has 0 heterocycles. The maximum Gasteiger partial charge on any atom is 0.0941 e. The van der Waals surface area contributed by atoms with Crippen LogP contribution in [-0.4, -0.2) is 24.0 Å². The van der Waals surface area contributed by atoms with E-state index >= 15 is 0 Å². The molecule has 0 aliphatic heterocycles. The van der Waals surface area contributed by atoms with Gasteiger partial charge < -0.3 is 10.2 Å². The summed E-state index contributed by atoms with van der Waals surface area (Å²) in [6, 6.07) is 0.567. The van der Waals surface area contributed by atoms with Gasteiger partial charge in [-0.15, -0.1) is 0 Å². The molecule has 21 heavy (non-hydrogen) atoms. The van der Waals surface area contributed by atoms with Crippen LogP contribution in [0, 0.1) is 11.8 Å². The Morgan fingerprint density at radius 1 is 1.14 bits per heavy atom. The summed E-state index contributed by atoms with van der Waals surface area (Å²) in [6.07, 6.45) is 10.9. The predicted octanol–water partition coefficient (Wildman–Crippen LogP) is 5.16. The Morgan fingerprint density at radius 2 is 1.86 bits per heavy atom. The highest BCUT2D eigenvalue weighted by molar-refractivity contribution is 4.94. The van der Waals surface area contributed by atoms with E-state index in [4.69, 9.17) is 0 Å². The Kier molecular flexibility index (Phi) is 8.87. The number of unbranched alkanes of at least 4 members (excludes halogenated alkanes) is 3. The summed E-state index contributed by atoms with van der Waals surface area (Å²) in [6.45, 7) is 15.7. The van der Waals surface area contributed by atoms with Gasteiger partial charge in [0.1, 0.15) is 0 Å². The Hall–Kier alpha value is -0.660. The van der Waals surface area contributed by atoms with Gasteiger partial charge in [-0.1, -0.05) is 65.9 Å². The summed E-state index contributed by atoms with van der Waals surface area (Å²) in [7, 11) is 0. The molecule has 1 atom stereocenters. The maximum absolute atomic E-state index is 4.30. The first-order valence-electron chi connectivity index (χ1n) is 9.25. The lowest BCUT2D eigenvalue weighted by Gasteiger charge is -2.35. The van der Waals surface area contributed by atoms with Gasteiger partial charge in [0.2, 0.25) is 0 Å². The molecule has 1 fully saturated rings. The molecule has 2 heteroatoms. The van der Waals surface area contributed by atoms with Crippen LogP contribution in [0.4, 0.5) is 0 Å². The molecule has 0 bridgehead atoms. The third-order valence-corrected chi connectivity index (χ3v) is 4.87. The van der Waals surface area contributed by atoms with Gasteiger partial charge in [0.25, 0.3) is 0 Å². The van der Waals surface area contributed by atoms with Crippen LogP contribution in [0.5, 0.6) is 0 Å².